The molecule has 1 atom stereocenters. The van der Waals surface area contributed by atoms with Crippen molar-refractivity contribution in [1.29, 1.82) is 0 Å². The Balaban J connectivity index is 1.99. The summed E-state index contributed by atoms with van der Waals surface area (Å²) in [7, 11) is 0. The maximum absolute atomic E-state index is 12.8. The third-order valence-corrected chi connectivity index (χ3v) is 4.12. The van der Waals surface area contributed by atoms with Crippen molar-refractivity contribution < 1.29 is 14.3 Å². The van der Waals surface area contributed by atoms with Gasteiger partial charge in [0, 0.05) is 5.02 Å². The van der Waals surface area contributed by atoms with E-state index in [1.54, 1.807) is 24.3 Å². The number of hydrogen-bond donors (Lipinski definition) is 2. The first-order valence-corrected chi connectivity index (χ1v) is 7.28. The lowest BCUT2D eigenvalue weighted by molar-refractivity contribution is 0.0938. The normalized spacial score (nSPS) is 16.4. The van der Waals surface area contributed by atoms with E-state index in [0.717, 1.165) is 0 Å². The van der Waals surface area contributed by atoms with Crippen molar-refractivity contribution in [3.05, 3.63) is 74.6 Å². The molecule has 3 aromatic rings. The van der Waals surface area contributed by atoms with E-state index in [0.29, 0.717) is 21.6 Å². The molecule has 1 aromatic heterocycles. The number of nitrogens with one attached hydrogen (secondary N) is 1. The van der Waals surface area contributed by atoms with Gasteiger partial charge in [0.25, 0.3) is 5.91 Å². The fourth-order valence-electron chi connectivity index (χ4n) is 2.80. The lowest BCUT2D eigenvalue weighted by atomic mass is 9.99. The number of rotatable bonds is 1. The van der Waals surface area contributed by atoms with Gasteiger partial charge >= 0.3 is 0 Å². The minimum Gasteiger partial charge on any atom is -0.508 e. The highest BCUT2D eigenvalue weighted by atomic mass is 35.5. The fourth-order valence-corrected chi connectivity index (χ4v) is 2.97. The van der Waals surface area contributed by atoms with Gasteiger partial charge in [-0.15, -0.1) is 0 Å². The molecule has 0 bridgehead atoms. The van der Waals surface area contributed by atoms with Crippen molar-refractivity contribution in [3.8, 4) is 5.75 Å². The second kappa shape index (κ2) is 4.86. The monoisotopic (exact) mass is 327 g/mol. The lowest BCUT2D eigenvalue weighted by Gasteiger charge is -2.11. The molecule has 0 aliphatic carbocycles. The van der Waals surface area contributed by atoms with Gasteiger partial charge in [0.1, 0.15) is 11.3 Å². The van der Waals surface area contributed by atoms with Crippen molar-refractivity contribution in [2.24, 2.45) is 0 Å². The average Bonchev–Trinajstić information content (AvgIpc) is 2.86. The molecule has 0 saturated carbocycles. The molecule has 2 heterocycles. The second-order valence-electron chi connectivity index (χ2n) is 5.31. The Morgan fingerprint density at radius 3 is 2.57 bits per heavy atom. The number of phenols is 1. The Morgan fingerprint density at radius 2 is 1.83 bits per heavy atom. The van der Waals surface area contributed by atoms with E-state index in [1.165, 1.54) is 18.2 Å². The zero-order chi connectivity index (χ0) is 16.1. The van der Waals surface area contributed by atoms with Crippen LogP contribution in [0.3, 0.4) is 0 Å². The van der Waals surface area contributed by atoms with Gasteiger partial charge in [0.05, 0.1) is 17.0 Å². The van der Waals surface area contributed by atoms with Crippen LogP contribution in [0, 0.1) is 0 Å². The molecule has 4 rings (SSSR count). The molecule has 1 aliphatic rings. The number of aromatic hydroxyl groups is 1. The number of benzene rings is 2. The molecule has 0 radical (unpaired) electrons. The maximum atomic E-state index is 12.8. The van der Waals surface area contributed by atoms with Crippen LogP contribution in [0.1, 0.15) is 27.7 Å². The second-order valence-corrected chi connectivity index (χ2v) is 5.75. The standard InChI is InChI=1S/C17H10ClNO4/c18-9-3-6-12-11(7-9)15(21)13-14(19-17(22)16(13)23-12)8-1-4-10(20)5-2-8/h1-7,14,20H,(H,19,22)/t14-/m0/s1. The van der Waals surface area contributed by atoms with Gasteiger partial charge < -0.3 is 14.8 Å². The summed E-state index contributed by atoms with van der Waals surface area (Å²) in [4.78, 5) is 25.0. The zero-order valence-corrected chi connectivity index (χ0v) is 12.4. The molecule has 0 saturated heterocycles. The van der Waals surface area contributed by atoms with Crippen LogP contribution in [0.15, 0.2) is 51.7 Å². The average molecular weight is 328 g/mol. The molecular weight excluding hydrogens is 318 g/mol. The molecule has 23 heavy (non-hydrogen) atoms. The number of amides is 1. The number of halogens is 1. The highest BCUT2D eigenvalue weighted by Crippen LogP contribution is 2.32. The SMILES string of the molecule is O=C1N[C@@H](c2ccc(O)cc2)c2c1oc1ccc(Cl)cc1c2=O. The fraction of sp³-hybridized carbons (Fsp3) is 0.0588. The summed E-state index contributed by atoms with van der Waals surface area (Å²) >= 11 is 5.95. The van der Waals surface area contributed by atoms with E-state index >= 15 is 0 Å². The quantitative estimate of drug-likeness (QED) is 0.720. The largest absolute Gasteiger partial charge is 0.508 e. The number of hydrogen-bond acceptors (Lipinski definition) is 4. The smallest absolute Gasteiger partial charge is 0.288 e. The van der Waals surface area contributed by atoms with Gasteiger partial charge in [-0.3, -0.25) is 9.59 Å². The molecule has 0 spiro atoms. The van der Waals surface area contributed by atoms with E-state index in [-0.39, 0.29) is 22.5 Å². The highest BCUT2D eigenvalue weighted by molar-refractivity contribution is 6.31. The predicted molar refractivity (Wildman–Crippen MR) is 84.9 cm³/mol. The number of carbonyl (C=O) groups is 1. The van der Waals surface area contributed by atoms with E-state index in [9.17, 15) is 14.7 Å². The molecule has 6 heteroatoms. The molecule has 0 fully saturated rings. The van der Waals surface area contributed by atoms with Gasteiger partial charge in [0.2, 0.25) is 5.76 Å². The summed E-state index contributed by atoms with van der Waals surface area (Å²) < 4.78 is 5.61. The number of phenolic OH excluding ortho intramolecular Hbond substituents is 1. The van der Waals surface area contributed by atoms with Crippen LogP contribution in [-0.2, 0) is 0 Å². The molecule has 2 N–H and O–H groups in total. The van der Waals surface area contributed by atoms with Gasteiger partial charge in [-0.2, -0.15) is 0 Å². The Morgan fingerprint density at radius 1 is 1.09 bits per heavy atom. The van der Waals surface area contributed by atoms with E-state index < -0.39 is 11.9 Å². The van der Waals surface area contributed by atoms with Gasteiger partial charge in [-0.25, -0.2) is 0 Å². The zero-order valence-electron chi connectivity index (χ0n) is 11.7. The minimum absolute atomic E-state index is 0.0166. The van der Waals surface area contributed by atoms with Crippen LogP contribution < -0.4 is 10.7 Å². The minimum atomic E-state index is -0.613. The molecule has 1 amide bonds. The molecule has 0 unspecified atom stereocenters. The summed E-state index contributed by atoms with van der Waals surface area (Å²) in [6.45, 7) is 0. The summed E-state index contributed by atoms with van der Waals surface area (Å²) in [5.74, 6) is -0.314. The Kier molecular flexibility index (Phi) is 2.92. The third-order valence-electron chi connectivity index (χ3n) is 3.88. The van der Waals surface area contributed by atoms with Crippen LogP contribution >= 0.6 is 11.6 Å². The van der Waals surface area contributed by atoms with Crippen LogP contribution in [0.2, 0.25) is 5.02 Å². The Bertz CT molecular complexity index is 1010. The summed E-state index contributed by atoms with van der Waals surface area (Å²) in [6, 6.07) is 10.4. The first-order valence-electron chi connectivity index (χ1n) is 6.90. The van der Waals surface area contributed by atoms with E-state index in [2.05, 4.69) is 5.32 Å². The van der Waals surface area contributed by atoms with Crippen LogP contribution in [0.4, 0.5) is 0 Å². The van der Waals surface area contributed by atoms with Crippen molar-refractivity contribution in [2.75, 3.05) is 0 Å². The van der Waals surface area contributed by atoms with E-state index in [4.69, 9.17) is 16.0 Å². The van der Waals surface area contributed by atoms with E-state index in [1.807, 2.05) is 0 Å². The van der Waals surface area contributed by atoms with Crippen molar-refractivity contribution in [3.63, 3.8) is 0 Å². The summed E-state index contributed by atoms with van der Waals surface area (Å²) in [5, 5.41) is 12.9. The first-order chi connectivity index (χ1) is 11.0. The highest BCUT2D eigenvalue weighted by Gasteiger charge is 2.35. The first kappa shape index (κ1) is 13.8. The molecule has 114 valence electrons. The molecule has 1 aliphatic heterocycles. The Labute approximate surface area is 135 Å². The lowest BCUT2D eigenvalue weighted by Crippen LogP contribution is -2.21. The predicted octanol–water partition coefficient (Wildman–Crippen LogP) is 2.98. The topological polar surface area (TPSA) is 79.5 Å². The van der Waals surface area contributed by atoms with Crippen LogP contribution in [0.5, 0.6) is 5.75 Å². The maximum Gasteiger partial charge on any atom is 0.288 e. The molecule has 5 nitrogen and oxygen atoms in total. The van der Waals surface area contributed by atoms with Crippen molar-refractivity contribution in [2.45, 2.75) is 6.04 Å². The van der Waals surface area contributed by atoms with Crippen molar-refractivity contribution in [1.82, 2.24) is 5.32 Å². The number of carbonyl (C=O) groups excluding carboxylic acids is 1. The van der Waals surface area contributed by atoms with Gasteiger partial charge in [-0.05, 0) is 35.9 Å². The van der Waals surface area contributed by atoms with Gasteiger partial charge in [-0.1, -0.05) is 23.7 Å². The summed E-state index contributed by atoms with van der Waals surface area (Å²) in [5.41, 5.74) is 0.971. The summed E-state index contributed by atoms with van der Waals surface area (Å²) in [6.07, 6.45) is 0. The van der Waals surface area contributed by atoms with Crippen molar-refractivity contribution >= 4 is 28.5 Å². The molecule has 2 aromatic carbocycles. The third kappa shape index (κ3) is 2.09. The Hall–Kier alpha value is -2.79. The van der Waals surface area contributed by atoms with Crippen LogP contribution in [0.25, 0.3) is 11.0 Å². The van der Waals surface area contributed by atoms with Crippen LogP contribution in [-0.4, -0.2) is 11.0 Å². The van der Waals surface area contributed by atoms with Gasteiger partial charge in [0.15, 0.2) is 5.43 Å². The molecular formula is C17H10ClNO4. The number of fused-ring (bicyclic) bond motifs is 2.